The van der Waals surface area contributed by atoms with Crippen molar-refractivity contribution >= 4 is 17.2 Å². The first-order chi connectivity index (χ1) is 16.1. The Bertz CT molecular complexity index is 1440. The molecule has 1 aromatic carbocycles. The number of hydrogen-bond donors (Lipinski definition) is 1. The summed E-state index contributed by atoms with van der Waals surface area (Å²) < 4.78 is 2.02. The van der Waals surface area contributed by atoms with Gasteiger partial charge in [-0.15, -0.1) is 0 Å². The molecule has 0 spiro atoms. The van der Waals surface area contributed by atoms with Gasteiger partial charge in [-0.2, -0.15) is 0 Å². The maximum absolute atomic E-state index is 13.0. The second-order valence-corrected chi connectivity index (χ2v) is 8.10. The number of pyridine rings is 3. The minimum atomic E-state index is -0.239. The summed E-state index contributed by atoms with van der Waals surface area (Å²) in [5.41, 5.74) is 7.80. The van der Waals surface area contributed by atoms with Crippen molar-refractivity contribution in [2.45, 2.75) is 20.3 Å². The van der Waals surface area contributed by atoms with Gasteiger partial charge in [0.05, 0.1) is 5.69 Å². The van der Waals surface area contributed by atoms with E-state index in [1.807, 2.05) is 91.3 Å². The van der Waals surface area contributed by atoms with Gasteiger partial charge in [0.1, 0.15) is 11.3 Å². The van der Waals surface area contributed by atoms with E-state index in [-0.39, 0.29) is 5.91 Å². The Hall–Kier alpha value is -4.32. The molecule has 33 heavy (non-hydrogen) atoms. The molecular weight excluding hydrogens is 410 g/mol. The van der Waals surface area contributed by atoms with Gasteiger partial charge in [0.25, 0.3) is 5.91 Å². The van der Waals surface area contributed by atoms with E-state index >= 15 is 0 Å². The fraction of sp³-hybridized carbons (Fsp3) is 0.111. The third kappa shape index (κ3) is 4.36. The summed E-state index contributed by atoms with van der Waals surface area (Å²) in [4.78, 5) is 26.6. The molecule has 0 atom stereocenters. The van der Waals surface area contributed by atoms with Crippen molar-refractivity contribution in [1.29, 1.82) is 0 Å². The van der Waals surface area contributed by atoms with Gasteiger partial charge in [-0.3, -0.25) is 14.8 Å². The SMILES string of the molecule is Cc1cnc(C(=O)Nc2ccc(-c3cn4cccc(C)c4n3)cc2)c(Cc2ccccn2)c1. The van der Waals surface area contributed by atoms with Gasteiger partial charge in [-0.05, 0) is 60.9 Å². The highest BCUT2D eigenvalue weighted by atomic mass is 16.1. The van der Waals surface area contributed by atoms with Gasteiger partial charge in [0, 0.05) is 48.2 Å². The Labute approximate surface area is 192 Å². The maximum Gasteiger partial charge on any atom is 0.274 e. The molecule has 6 heteroatoms. The Morgan fingerprint density at radius 2 is 1.85 bits per heavy atom. The second-order valence-electron chi connectivity index (χ2n) is 8.10. The first-order valence-corrected chi connectivity index (χ1v) is 10.8. The second kappa shape index (κ2) is 8.67. The van der Waals surface area contributed by atoms with Crippen LogP contribution in [0.5, 0.6) is 0 Å². The molecule has 0 aliphatic carbocycles. The fourth-order valence-corrected chi connectivity index (χ4v) is 3.87. The zero-order valence-electron chi connectivity index (χ0n) is 18.5. The van der Waals surface area contributed by atoms with Crippen LogP contribution >= 0.6 is 0 Å². The van der Waals surface area contributed by atoms with Crippen molar-refractivity contribution in [2.24, 2.45) is 0 Å². The van der Waals surface area contributed by atoms with Crippen LogP contribution in [0.25, 0.3) is 16.9 Å². The Morgan fingerprint density at radius 3 is 2.61 bits per heavy atom. The van der Waals surface area contributed by atoms with Crippen LogP contribution < -0.4 is 5.32 Å². The molecule has 0 saturated carbocycles. The van der Waals surface area contributed by atoms with Gasteiger partial charge in [0.2, 0.25) is 0 Å². The molecule has 0 fully saturated rings. The van der Waals surface area contributed by atoms with E-state index in [0.29, 0.717) is 17.8 Å². The molecule has 0 bridgehead atoms. The number of nitrogens with zero attached hydrogens (tertiary/aromatic N) is 4. The van der Waals surface area contributed by atoms with Gasteiger partial charge < -0.3 is 9.72 Å². The number of hydrogen-bond acceptors (Lipinski definition) is 4. The molecule has 0 radical (unpaired) electrons. The van der Waals surface area contributed by atoms with Crippen LogP contribution in [-0.2, 0) is 6.42 Å². The number of aryl methyl sites for hydroxylation is 2. The molecule has 4 aromatic heterocycles. The molecule has 1 N–H and O–H groups in total. The number of carbonyl (C=O) groups is 1. The van der Waals surface area contributed by atoms with Crippen LogP contribution in [0.1, 0.15) is 32.9 Å². The Kier molecular flexibility index (Phi) is 5.40. The van der Waals surface area contributed by atoms with Crippen LogP contribution in [0.3, 0.4) is 0 Å². The molecule has 0 aliphatic rings. The number of imidazole rings is 1. The van der Waals surface area contributed by atoms with E-state index in [4.69, 9.17) is 4.98 Å². The summed E-state index contributed by atoms with van der Waals surface area (Å²) in [6.07, 6.45) is 8.01. The number of carbonyl (C=O) groups excluding carboxylic acids is 1. The van der Waals surface area contributed by atoms with Crippen molar-refractivity contribution in [3.63, 3.8) is 0 Å². The van der Waals surface area contributed by atoms with E-state index in [1.165, 1.54) is 0 Å². The van der Waals surface area contributed by atoms with Crippen LogP contribution in [0, 0.1) is 13.8 Å². The lowest BCUT2D eigenvalue weighted by Crippen LogP contribution is -2.16. The zero-order valence-corrected chi connectivity index (χ0v) is 18.5. The summed E-state index contributed by atoms with van der Waals surface area (Å²) in [6, 6.07) is 19.5. The fourth-order valence-electron chi connectivity index (χ4n) is 3.87. The molecular formula is C27H23N5O. The Balaban J connectivity index is 1.36. The van der Waals surface area contributed by atoms with Crippen molar-refractivity contribution in [3.05, 3.63) is 114 Å². The highest BCUT2D eigenvalue weighted by Crippen LogP contribution is 2.23. The number of rotatable bonds is 5. The largest absolute Gasteiger partial charge is 0.321 e. The van der Waals surface area contributed by atoms with Gasteiger partial charge in [-0.1, -0.05) is 30.3 Å². The molecule has 6 nitrogen and oxygen atoms in total. The molecule has 0 saturated heterocycles. The normalized spacial score (nSPS) is 11.0. The summed E-state index contributed by atoms with van der Waals surface area (Å²) >= 11 is 0. The highest BCUT2D eigenvalue weighted by Gasteiger charge is 2.15. The molecule has 0 aliphatic heterocycles. The quantitative estimate of drug-likeness (QED) is 0.411. The lowest BCUT2D eigenvalue weighted by Gasteiger charge is -2.10. The summed E-state index contributed by atoms with van der Waals surface area (Å²) in [5.74, 6) is -0.239. The minimum absolute atomic E-state index is 0.239. The van der Waals surface area contributed by atoms with Crippen molar-refractivity contribution < 1.29 is 4.79 Å². The Morgan fingerprint density at radius 1 is 1.00 bits per heavy atom. The van der Waals surface area contributed by atoms with Crippen LogP contribution in [0.15, 0.2) is 85.5 Å². The minimum Gasteiger partial charge on any atom is -0.321 e. The number of fused-ring (bicyclic) bond motifs is 1. The third-order valence-corrected chi connectivity index (χ3v) is 5.53. The van der Waals surface area contributed by atoms with E-state index in [2.05, 4.69) is 15.3 Å². The molecule has 1 amide bonds. The highest BCUT2D eigenvalue weighted by molar-refractivity contribution is 6.04. The summed E-state index contributed by atoms with van der Waals surface area (Å²) in [6.45, 7) is 4.02. The van der Waals surface area contributed by atoms with Gasteiger partial charge in [-0.25, -0.2) is 4.98 Å². The van der Waals surface area contributed by atoms with Gasteiger partial charge >= 0.3 is 0 Å². The van der Waals surface area contributed by atoms with Crippen molar-refractivity contribution in [2.75, 3.05) is 5.32 Å². The smallest absolute Gasteiger partial charge is 0.274 e. The number of aromatic nitrogens is 4. The predicted octanol–water partition coefficient (Wildman–Crippen LogP) is 5.25. The lowest BCUT2D eigenvalue weighted by atomic mass is 10.0. The number of benzene rings is 1. The third-order valence-electron chi connectivity index (χ3n) is 5.53. The average Bonchev–Trinajstić information content (AvgIpc) is 3.26. The van der Waals surface area contributed by atoms with Crippen LogP contribution in [0.2, 0.25) is 0 Å². The van der Waals surface area contributed by atoms with Crippen molar-refractivity contribution in [1.82, 2.24) is 19.4 Å². The van der Waals surface area contributed by atoms with E-state index in [9.17, 15) is 4.79 Å². The molecule has 5 rings (SSSR count). The van der Waals surface area contributed by atoms with E-state index in [1.54, 1.807) is 12.4 Å². The zero-order chi connectivity index (χ0) is 22.8. The monoisotopic (exact) mass is 433 g/mol. The molecule has 5 aromatic rings. The predicted molar refractivity (Wildman–Crippen MR) is 129 cm³/mol. The molecule has 4 heterocycles. The average molecular weight is 434 g/mol. The lowest BCUT2D eigenvalue weighted by molar-refractivity contribution is 0.102. The number of anilines is 1. The molecule has 162 valence electrons. The van der Waals surface area contributed by atoms with Gasteiger partial charge in [0.15, 0.2) is 0 Å². The molecule has 0 unspecified atom stereocenters. The first-order valence-electron chi connectivity index (χ1n) is 10.8. The van der Waals surface area contributed by atoms with Crippen molar-refractivity contribution in [3.8, 4) is 11.3 Å². The topological polar surface area (TPSA) is 72.2 Å². The van der Waals surface area contributed by atoms with Crippen LogP contribution in [0.4, 0.5) is 5.69 Å². The van der Waals surface area contributed by atoms with Crippen LogP contribution in [-0.4, -0.2) is 25.3 Å². The number of amides is 1. The summed E-state index contributed by atoms with van der Waals surface area (Å²) in [5, 5.41) is 2.97. The standard InChI is InChI=1S/C27H23N5O/c1-18-14-21(15-23-7-3-4-12-28-23)25(29-16-18)27(33)30-22-10-8-20(9-11-22)24-17-32-13-5-6-19(2)26(32)31-24/h3-14,16-17H,15H2,1-2H3,(H,30,33). The van der Waals surface area contributed by atoms with E-state index in [0.717, 1.165) is 39.3 Å². The maximum atomic E-state index is 13.0. The van der Waals surface area contributed by atoms with E-state index < -0.39 is 0 Å². The number of nitrogens with one attached hydrogen (secondary N) is 1. The first kappa shape index (κ1) is 20.6. The summed E-state index contributed by atoms with van der Waals surface area (Å²) in [7, 11) is 0.